The van der Waals surface area contributed by atoms with E-state index >= 15 is 0 Å². The molecule has 1 N–H and O–H groups in total. The SMILES string of the molecule is CCCCCCCCCCN1CCCc2cc(NC(=O)OC3CCc4ccccc43)c(C)cc21. The Labute approximate surface area is 206 Å². The Morgan fingerprint density at radius 3 is 2.59 bits per heavy atom. The average Bonchev–Trinajstić information content (AvgIpc) is 3.24. The fourth-order valence-electron chi connectivity index (χ4n) is 5.53. The highest BCUT2D eigenvalue weighted by Gasteiger charge is 2.26. The number of carbonyl (C=O) groups is 1. The Bertz CT molecular complexity index is 955. The lowest BCUT2D eigenvalue weighted by Crippen LogP contribution is -2.30. The Morgan fingerprint density at radius 2 is 1.76 bits per heavy atom. The molecule has 1 aliphatic carbocycles. The number of hydrogen-bond acceptors (Lipinski definition) is 3. The number of rotatable bonds is 11. The second kappa shape index (κ2) is 12.3. The van der Waals surface area contributed by atoms with Gasteiger partial charge >= 0.3 is 6.09 Å². The molecule has 1 aliphatic heterocycles. The molecule has 34 heavy (non-hydrogen) atoms. The maximum Gasteiger partial charge on any atom is 0.412 e. The van der Waals surface area contributed by atoms with Crippen molar-refractivity contribution in [2.75, 3.05) is 23.3 Å². The van der Waals surface area contributed by atoms with Crippen LogP contribution in [0, 0.1) is 6.92 Å². The second-order valence-electron chi connectivity index (χ2n) is 10.1. The molecule has 4 nitrogen and oxygen atoms in total. The van der Waals surface area contributed by atoms with E-state index in [1.54, 1.807) is 0 Å². The average molecular weight is 463 g/mol. The van der Waals surface area contributed by atoms with Crippen molar-refractivity contribution in [1.29, 1.82) is 0 Å². The van der Waals surface area contributed by atoms with E-state index in [1.165, 1.54) is 74.6 Å². The molecular formula is C30H42N2O2. The molecular weight excluding hydrogens is 420 g/mol. The van der Waals surface area contributed by atoms with Crippen LogP contribution >= 0.6 is 0 Å². The summed E-state index contributed by atoms with van der Waals surface area (Å²) in [7, 11) is 0. The van der Waals surface area contributed by atoms with Crippen LogP contribution in [0.25, 0.3) is 0 Å². The number of anilines is 2. The Morgan fingerprint density at radius 1 is 1.00 bits per heavy atom. The van der Waals surface area contributed by atoms with Crippen LogP contribution in [0.3, 0.4) is 0 Å². The van der Waals surface area contributed by atoms with Crippen molar-refractivity contribution in [2.45, 2.75) is 97.0 Å². The van der Waals surface area contributed by atoms with Gasteiger partial charge in [0, 0.05) is 24.5 Å². The van der Waals surface area contributed by atoms with Crippen LogP contribution in [0.2, 0.25) is 0 Å². The summed E-state index contributed by atoms with van der Waals surface area (Å²) in [5.74, 6) is 0. The first kappa shape index (κ1) is 24.6. The van der Waals surface area contributed by atoms with Crippen molar-refractivity contribution in [2.24, 2.45) is 0 Å². The lowest BCUT2D eigenvalue weighted by molar-refractivity contribution is 0.112. The summed E-state index contributed by atoms with van der Waals surface area (Å²) in [6.07, 6.45) is 14.4. The van der Waals surface area contributed by atoms with Crippen LogP contribution in [0.4, 0.5) is 16.2 Å². The van der Waals surface area contributed by atoms with Gasteiger partial charge in [-0.25, -0.2) is 4.79 Å². The standard InChI is InChI=1S/C30H42N2O2/c1-3-4-5-6-7-8-9-12-19-32-20-13-15-25-22-27(23(2)21-28(25)32)31-30(33)34-29-18-17-24-14-10-11-16-26(24)29/h10-11,14,16,21-22,29H,3-9,12-13,15,17-20H2,1-2H3,(H,31,33). The number of amides is 1. The molecule has 2 aromatic rings. The lowest BCUT2D eigenvalue weighted by atomic mass is 9.98. The summed E-state index contributed by atoms with van der Waals surface area (Å²) >= 11 is 0. The maximum absolute atomic E-state index is 12.7. The van der Waals surface area contributed by atoms with Crippen molar-refractivity contribution in [1.82, 2.24) is 0 Å². The Kier molecular flexibility index (Phi) is 8.90. The van der Waals surface area contributed by atoms with Gasteiger partial charge in [0.05, 0.1) is 0 Å². The van der Waals surface area contributed by atoms with Gasteiger partial charge in [-0.2, -0.15) is 0 Å². The molecule has 0 saturated heterocycles. The summed E-state index contributed by atoms with van der Waals surface area (Å²) in [5, 5.41) is 3.03. The van der Waals surface area contributed by atoms with E-state index in [9.17, 15) is 4.79 Å². The first-order valence-corrected chi connectivity index (χ1v) is 13.6. The van der Waals surface area contributed by atoms with Crippen LogP contribution in [0.15, 0.2) is 36.4 Å². The van der Waals surface area contributed by atoms with Gasteiger partial charge in [-0.05, 0) is 73.4 Å². The molecule has 0 aromatic heterocycles. The smallest absolute Gasteiger partial charge is 0.412 e. The van der Waals surface area contributed by atoms with Gasteiger partial charge in [0.15, 0.2) is 0 Å². The van der Waals surface area contributed by atoms with Crippen LogP contribution in [-0.2, 0) is 17.6 Å². The highest BCUT2D eigenvalue weighted by Crippen LogP contribution is 2.35. The number of carbonyl (C=O) groups excluding carboxylic acids is 1. The quantitative estimate of drug-likeness (QED) is 0.343. The van der Waals surface area contributed by atoms with Crippen LogP contribution < -0.4 is 10.2 Å². The molecule has 0 fully saturated rings. The topological polar surface area (TPSA) is 41.6 Å². The molecule has 2 aliphatic rings. The van der Waals surface area contributed by atoms with E-state index in [4.69, 9.17) is 4.74 Å². The minimum absolute atomic E-state index is 0.142. The number of hydrogen-bond donors (Lipinski definition) is 1. The summed E-state index contributed by atoms with van der Waals surface area (Å²) in [5.41, 5.74) is 7.13. The molecule has 0 radical (unpaired) electrons. The zero-order valence-electron chi connectivity index (χ0n) is 21.2. The summed E-state index contributed by atoms with van der Waals surface area (Å²) < 4.78 is 5.81. The third-order valence-electron chi connectivity index (χ3n) is 7.49. The molecule has 4 heteroatoms. The van der Waals surface area contributed by atoms with E-state index in [-0.39, 0.29) is 12.2 Å². The van der Waals surface area contributed by atoms with Gasteiger partial charge in [0.1, 0.15) is 6.10 Å². The zero-order chi connectivity index (χ0) is 23.8. The summed E-state index contributed by atoms with van der Waals surface area (Å²) in [6, 6.07) is 12.7. The summed E-state index contributed by atoms with van der Waals surface area (Å²) in [4.78, 5) is 15.3. The first-order valence-electron chi connectivity index (χ1n) is 13.6. The van der Waals surface area contributed by atoms with Crippen LogP contribution in [-0.4, -0.2) is 19.2 Å². The predicted octanol–water partition coefficient (Wildman–Crippen LogP) is 8.12. The molecule has 0 spiro atoms. The number of fused-ring (bicyclic) bond motifs is 2. The number of unbranched alkanes of at least 4 members (excludes halogenated alkanes) is 7. The van der Waals surface area contributed by atoms with Crippen molar-refractivity contribution in [3.05, 3.63) is 58.7 Å². The Balaban J connectivity index is 1.29. The van der Waals surface area contributed by atoms with Crippen molar-refractivity contribution >= 4 is 17.5 Å². The number of ether oxygens (including phenoxy) is 1. The van der Waals surface area contributed by atoms with E-state index in [2.05, 4.69) is 54.4 Å². The molecule has 0 saturated carbocycles. The van der Waals surface area contributed by atoms with Gasteiger partial charge in [0.25, 0.3) is 0 Å². The Hall–Kier alpha value is -2.49. The predicted molar refractivity (Wildman–Crippen MR) is 142 cm³/mol. The van der Waals surface area contributed by atoms with Gasteiger partial charge < -0.3 is 9.64 Å². The van der Waals surface area contributed by atoms with Crippen molar-refractivity contribution in [3.63, 3.8) is 0 Å². The fourth-order valence-corrected chi connectivity index (χ4v) is 5.53. The van der Waals surface area contributed by atoms with Crippen LogP contribution in [0.5, 0.6) is 0 Å². The largest absolute Gasteiger partial charge is 0.441 e. The third kappa shape index (κ3) is 6.34. The second-order valence-corrected chi connectivity index (χ2v) is 10.1. The maximum atomic E-state index is 12.7. The highest BCUT2D eigenvalue weighted by molar-refractivity contribution is 5.87. The van der Waals surface area contributed by atoms with E-state index in [1.807, 2.05) is 6.07 Å². The molecule has 1 heterocycles. The molecule has 184 valence electrons. The normalized spacial score (nSPS) is 16.8. The number of aryl methyl sites for hydroxylation is 3. The number of benzene rings is 2. The highest BCUT2D eigenvalue weighted by atomic mass is 16.6. The molecule has 2 aromatic carbocycles. The number of nitrogens with one attached hydrogen (secondary N) is 1. The molecule has 1 unspecified atom stereocenters. The molecule has 4 rings (SSSR count). The van der Waals surface area contributed by atoms with Crippen molar-refractivity contribution < 1.29 is 9.53 Å². The fraction of sp³-hybridized carbons (Fsp3) is 0.567. The molecule has 0 bridgehead atoms. The van der Waals surface area contributed by atoms with Gasteiger partial charge in [-0.1, -0.05) is 76.1 Å². The number of nitrogens with zero attached hydrogens (tertiary/aromatic N) is 1. The zero-order valence-corrected chi connectivity index (χ0v) is 21.2. The summed E-state index contributed by atoms with van der Waals surface area (Å²) in [6.45, 7) is 6.64. The first-order chi connectivity index (χ1) is 16.7. The van der Waals surface area contributed by atoms with Crippen molar-refractivity contribution in [3.8, 4) is 0 Å². The monoisotopic (exact) mass is 462 g/mol. The molecule has 1 amide bonds. The van der Waals surface area contributed by atoms with E-state index < -0.39 is 0 Å². The third-order valence-corrected chi connectivity index (χ3v) is 7.49. The minimum atomic E-state index is -0.351. The minimum Gasteiger partial charge on any atom is -0.441 e. The molecule has 1 atom stereocenters. The van der Waals surface area contributed by atoms with Gasteiger partial charge in [0.2, 0.25) is 0 Å². The lowest BCUT2D eigenvalue weighted by Gasteiger charge is -2.32. The van der Waals surface area contributed by atoms with Gasteiger partial charge in [-0.15, -0.1) is 0 Å². The van der Waals surface area contributed by atoms with E-state index in [0.29, 0.717) is 0 Å². The van der Waals surface area contributed by atoms with Gasteiger partial charge in [-0.3, -0.25) is 5.32 Å². The van der Waals surface area contributed by atoms with Crippen LogP contribution in [0.1, 0.15) is 99.5 Å². The van der Waals surface area contributed by atoms with E-state index in [0.717, 1.165) is 49.2 Å².